The van der Waals surface area contributed by atoms with E-state index in [0.717, 1.165) is 28.6 Å². The number of halogens is 1. The lowest BCUT2D eigenvalue weighted by atomic mass is 10.0. The molecule has 3 aromatic carbocycles. The van der Waals surface area contributed by atoms with Gasteiger partial charge in [0.2, 0.25) is 0 Å². The molecule has 0 unspecified atom stereocenters. The summed E-state index contributed by atoms with van der Waals surface area (Å²) in [5.74, 6) is 0.157. The number of rotatable bonds is 6. The molecule has 8 heteroatoms. The number of fused-ring (bicyclic) bond motifs is 1. The maximum atomic E-state index is 14.0. The predicted molar refractivity (Wildman–Crippen MR) is 134 cm³/mol. The first-order valence-electron chi connectivity index (χ1n) is 11.4. The normalized spacial score (nSPS) is 17.3. The fraction of sp³-hybridized carbons (Fsp3) is 0.259. The van der Waals surface area contributed by atoms with Crippen LogP contribution in [0.4, 0.5) is 10.1 Å². The Morgan fingerprint density at radius 2 is 1.97 bits per heavy atom. The van der Waals surface area contributed by atoms with Crippen LogP contribution in [0, 0.1) is 12.7 Å². The summed E-state index contributed by atoms with van der Waals surface area (Å²) < 4.78 is 43.3. The molecular weight excluding hydrogens is 465 g/mol. The van der Waals surface area contributed by atoms with Crippen molar-refractivity contribution >= 4 is 26.3 Å². The predicted octanol–water partition coefficient (Wildman–Crippen LogP) is 5.62. The van der Waals surface area contributed by atoms with E-state index in [1.807, 2.05) is 49.4 Å². The second kappa shape index (κ2) is 9.71. The number of hydrogen-bond acceptors (Lipinski definition) is 6. The third kappa shape index (κ3) is 5.18. The molecule has 0 bridgehead atoms. The highest BCUT2D eigenvalue weighted by atomic mass is 32.2. The van der Waals surface area contributed by atoms with Crippen molar-refractivity contribution in [2.24, 2.45) is 4.36 Å². The molecule has 1 aliphatic rings. The minimum absolute atomic E-state index is 0.0860. The van der Waals surface area contributed by atoms with Crippen LogP contribution in [0.15, 0.2) is 76.2 Å². The summed E-state index contributed by atoms with van der Waals surface area (Å²) >= 11 is 0. The van der Waals surface area contributed by atoms with Crippen molar-refractivity contribution in [3.63, 3.8) is 0 Å². The molecule has 0 radical (unpaired) electrons. The molecule has 4 aromatic rings. The summed E-state index contributed by atoms with van der Waals surface area (Å²) in [4.78, 5) is 9.67. The van der Waals surface area contributed by atoms with Gasteiger partial charge >= 0.3 is 0 Å². The Kier molecular flexibility index (Phi) is 6.49. The Labute approximate surface area is 204 Å². The van der Waals surface area contributed by atoms with Crippen molar-refractivity contribution in [3.8, 4) is 5.75 Å². The molecule has 180 valence electrons. The van der Waals surface area contributed by atoms with Crippen molar-refractivity contribution in [1.29, 1.82) is 0 Å². The quantitative estimate of drug-likeness (QED) is 0.350. The van der Waals surface area contributed by atoms with E-state index >= 15 is 0 Å². The Bertz CT molecular complexity index is 1490. The molecule has 5 rings (SSSR count). The van der Waals surface area contributed by atoms with Gasteiger partial charge in [-0.05, 0) is 42.8 Å². The minimum Gasteiger partial charge on any atom is -0.488 e. The minimum atomic E-state index is -2.61. The van der Waals surface area contributed by atoms with Crippen molar-refractivity contribution in [1.82, 2.24) is 9.97 Å². The summed E-state index contributed by atoms with van der Waals surface area (Å²) in [7, 11) is -2.61. The smallest absolute Gasteiger partial charge is 0.126 e. The standard InChI is InChI=1S/C27H26FN3O3S/c1-18-12-21(31-35(2,32)23-6-4-3-5-7-23)15-25-27(18)24(29-17-30-25)13-19-8-9-20(28)14-26(19)34-22-10-11-33-16-22/h3-9,12,14-15,17,22H,10-11,13,16H2,1-2H3/t22-,35-/m0/s1. The van der Waals surface area contributed by atoms with Crippen LogP contribution in [0.1, 0.15) is 23.2 Å². The molecule has 0 saturated carbocycles. The van der Waals surface area contributed by atoms with Crippen LogP contribution in [0.5, 0.6) is 5.75 Å². The van der Waals surface area contributed by atoms with Gasteiger partial charge in [-0.2, -0.15) is 4.36 Å². The molecule has 1 fully saturated rings. The summed E-state index contributed by atoms with van der Waals surface area (Å²) in [5, 5.41) is 0.897. The number of hydrogen-bond donors (Lipinski definition) is 0. The highest BCUT2D eigenvalue weighted by Gasteiger charge is 2.20. The molecule has 6 nitrogen and oxygen atoms in total. The number of aromatic nitrogens is 2. The van der Waals surface area contributed by atoms with E-state index in [2.05, 4.69) is 14.3 Å². The zero-order valence-corrected chi connectivity index (χ0v) is 20.4. The van der Waals surface area contributed by atoms with Crippen LogP contribution in [0.3, 0.4) is 0 Å². The van der Waals surface area contributed by atoms with Gasteiger partial charge < -0.3 is 9.47 Å². The van der Waals surface area contributed by atoms with E-state index in [-0.39, 0.29) is 11.9 Å². The van der Waals surface area contributed by atoms with Gasteiger partial charge in [-0.3, -0.25) is 0 Å². The van der Waals surface area contributed by atoms with Gasteiger partial charge in [-0.1, -0.05) is 24.3 Å². The highest BCUT2D eigenvalue weighted by Crippen LogP contribution is 2.31. The molecule has 1 aromatic heterocycles. The highest BCUT2D eigenvalue weighted by molar-refractivity contribution is 7.93. The molecule has 0 aliphatic carbocycles. The number of ether oxygens (including phenoxy) is 2. The first-order valence-corrected chi connectivity index (χ1v) is 13.4. The van der Waals surface area contributed by atoms with Crippen LogP contribution in [-0.4, -0.2) is 39.8 Å². The van der Waals surface area contributed by atoms with E-state index in [9.17, 15) is 8.60 Å². The third-order valence-corrected chi connectivity index (χ3v) is 7.73. The van der Waals surface area contributed by atoms with Crippen LogP contribution < -0.4 is 4.74 Å². The second-order valence-electron chi connectivity index (χ2n) is 8.72. The van der Waals surface area contributed by atoms with E-state index in [1.54, 1.807) is 12.3 Å². The molecule has 1 aliphatic heterocycles. The average molecular weight is 492 g/mol. The summed E-state index contributed by atoms with van der Waals surface area (Å²) in [6, 6.07) is 17.6. The molecule has 35 heavy (non-hydrogen) atoms. The van der Waals surface area contributed by atoms with Gasteiger partial charge in [0.15, 0.2) is 0 Å². The SMILES string of the molecule is Cc1cc(N=[S@@](C)(=O)c2ccccc2)cc2ncnc(Cc3ccc(F)cc3O[C@H]3CCOC3)c12. The van der Waals surface area contributed by atoms with Crippen LogP contribution in [0.2, 0.25) is 0 Å². The summed E-state index contributed by atoms with van der Waals surface area (Å²) in [6.45, 7) is 3.11. The second-order valence-corrected chi connectivity index (χ2v) is 11.0. The van der Waals surface area contributed by atoms with E-state index in [1.165, 1.54) is 18.5 Å². The Balaban J connectivity index is 1.52. The van der Waals surface area contributed by atoms with E-state index < -0.39 is 9.73 Å². The molecule has 0 N–H and O–H groups in total. The van der Waals surface area contributed by atoms with Crippen LogP contribution in [0.25, 0.3) is 10.9 Å². The molecule has 2 atom stereocenters. The lowest BCUT2D eigenvalue weighted by molar-refractivity contribution is 0.140. The number of aryl methyl sites for hydroxylation is 1. The lowest BCUT2D eigenvalue weighted by Gasteiger charge is -2.16. The Morgan fingerprint density at radius 3 is 2.74 bits per heavy atom. The van der Waals surface area contributed by atoms with Crippen molar-refractivity contribution in [2.75, 3.05) is 19.5 Å². The maximum absolute atomic E-state index is 14.0. The molecule has 0 amide bonds. The van der Waals surface area contributed by atoms with Crippen molar-refractivity contribution in [2.45, 2.75) is 30.8 Å². The zero-order valence-electron chi connectivity index (χ0n) is 19.6. The largest absolute Gasteiger partial charge is 0.488 e. The van der Waals surface area contributed by atoms with Gasteiger partial charge in [0, 0.05) is 41.0 Å². The van der Waals surface area contributed by atoms with E-state index in [4.69, 9.17) is 9.47 Å². The molecular formula is C27H26FN3O3S. The lowest BCUT2D eigenvalue weighted by Crippen LogP contribution is -2.17. The van der Waals surface area contributed by atoms with Gasteiger partial charge in [0.25, 0.3) is 0 Å². The van der Waals surface area contributed by atoms with E-state index in [0.29, 0.717) is 41.5 Å². The zero-order chi connectivity index (χ0) is 24.4. The third-order valence-electron chi connectivity index (χ3n) is 6.03. The van der Waals surface area contributed by atoms with Crippen LogP contribution in [-0.2, 0) is 20.9 Å². The monoisotopic (exact) mass is 491 g/mol. The Morgan fingerprint density at radius 1 is 1.14 bits per heavy atom. The summed E-state index contributed by atoms with van der Waals surface area (Å²) in [5.41, 5.74) is 3.88. The first-order chi connectivity index (χ1) is 16.9. The molecule has 0 spiro atoms. The first kappa shape index (κ1) is 23.4. The molecule has 2 heterocycles. The number of nitrogens with zero attached hydrogens (tertiary/aromatic N) is 3. The summed E-state index contributed by atoms with van der Waals surface area (Å²) in [6.07, 6.45) is 4.29. The Hall–Kier alpha value is -3.36. The van der Waals surface area contributed by atoms with Gasteiger partial charge in [0.05, 0.1) is 39.8 Å². The van der Waals surface area contributed by atoms with Crippen molar-refractivity contribution in [3.05, 3.63) is 89.6 Å². The fourth-order valence-electron chi connectivity index (χ4n) is 4.32. The van der Waals surface area contributed by atoms with Gasteiger partial charge in [-0.15, -0.1) is 0 Å². The fourth-order valence-corrected chi connectivity index (χ4v) is 5.59. The molecule has 1 saturated heterocycles. The van der Waals surface area contributed by atoms with Gasteiger partial charge in [-0.25, -0.2) is 18.6 Å². The van der Waals surface area contributed by atoms with Gasteiger partial charge in [0.1, 0.15) is 24.0 Å². The number of benzene rings is 3. The van der Waals surface area contributed by atoms with Crippen LogP contribution >= 0.6 is 0 Å². The topological polar surface area (TPSA) is 73.7 Å². The maximum Gasteiger partial charge on any atom is 0.126 e. The van der Waals surface area contributed by atoms with Crippen molar-refractivity contribution < 1.29 is 18.1 Å². The average Bonchev–Trinajstić information content (AvgIpc) is 3.34.